The molecule has 1 atom stereocenters. The average molecular weight is 274 g/mol. The van der Waals surface area contributed by atoms with Crippen LogP contribution in [-0.2, 0) is 4.74 Å². The Morgan fingerprint density at radius 3 is 3.12 bits per heavy atom. The van der Waals surface area contributed by atoms with Crippen molar-refractivity contribution in [2.24, 2.45) is 5.92 Å². The maximum Gasteiger partial charge on any atom is 0.263 e. The van der Waals surface area contributed by atoms with Gasteiger partial charge in [-0.05, 0) is 30.9 Å². The minimum Gasteiger partial charge on any atom is -0.384 e. The van der Waals surface area contributed by atoms with Crippen LogP contribution in [-0.4, -0.2) is 37.6 Å². The molecule has 1 unspecified atom stereocenters. The molecule has 0 spiro atoms. The van der Waals surface area contributed by atoms with E-state index in [1.165, 1.54) is 11.3 Å². The van der Waals surface area contributed by atoms with Gasteiger partial charge in [-0.15, -0.1) is 11.3 Å². The van der Waals surface area contributed by atoms with Gasteiger partial charge in [-0.2, -0.15) is 0 Å². The fraction of sp³-hybridized carbons (Fsp3) is 0.583. The van der Waals surface area contributed by atoms with Crippen LogP contribution in [0.25, 0.3) is 0 Å². The Morgan fingerprint density at radius 1 is 1.65 bits per heavy atom. The molecule has 2 heterocycles. The number of halogens is 1. The molecule has 94 valence electrons. The van der Waals surface area contributed by atoms with Crippen molar-refractivity contribution in [3.63, 3.8) is 0 Å². The first-order valence-electron chi connectivity index (χ1n) is 5.74. The summed E-state index contributed by atoms with van der Waals surface area (Å²) in [5, 5.41) is 0. The lowest BCUT2D eigenvalue weighted by Gasteiger charge is -2.32. The summed E-state index contributed by atoms with van der Waals surface area (Å²) in [6.07, 6.45) is 2.20. The van der Waals surface area contributed by atoms with Crippen LogP contribution in [0.5, 0.6) is 0 Å². The van der Waals surface area contributed by atoms with Crippen LogP contribution in [0.4, 0.5) is 0 Å². The number of hydrogen-bond acceptors (Lipinski definition) is 3. The number of piperidine rings is 1. The quantitative estimate of drug-likeness (QED) is 0.847. The van der Waals surface area contributed by atoms with Gasteiger partial charge in [0.05, 0.1) is 15.8 Å². The third-order valence-electron chi connectivity index (χ3n) is 2.99. The third kappa shape index (κ3) is 3.21. The van der Waals surface area contributed by atoms with E-state index in [1.807, 2.05) is 4.90 Å². The van der Waals surface area contributed by atoms with E-state index in [0.717, 1.165) is 37.4 Å². The van der Waals surface area contributed by atoms with Crippen LogP contribution in [0.15, 0.2) is 12.1 Å². The van der Waals surface area contributed by atoms with Crippen molar-refractivity contribution in [3.8, 4) is 0 Å². The Kier molecular flexibility index (Phi) is 4.42. The molecule has 0 saturated carbocycles. The maximum atomic E-state index is 12.2. The predicted octanol–water partition coefficient (Wildman–Crippen LogP) is 2.90. The Labute approximate surface area is 110 Å². The van der Waals surface area contributed by atoms with Crippen molar-refractivity contribution in [1.82, 2.24) is 4.90 Å². The van der Waals surface area contributed by atoms with E-state index >= 15 is 0 Å². The fourth-order valence-corrected chi connectivity index (χ4v) is 3.22. The normalized spacial score (nSPS) is 20.6. The van der Waals surface area contributed by atoms with Crippen LogP contribution >= 0.6 is 22.9 Å². The topological polar surface area (TPSA) is 29.5 Å². The minimum atomic E-state index is 0.0997. The summed E-state index contributed by atoms with van der Waals surface area (Å²) in [6.45, 7) is 2.37. The van der Waals surface area contributed by atoms with Gasteiger partial charge < -0.3 is 9.64 Å². The molecular weight excluding hydrogens is 258 g/mol. The molecule has 0 bridgehead atoms. The number of carbonyl (C=O) groups is 1. The number of methoxy groups -OCH3 is 1. The van der Waals surface area contributed by atoms with Gasteiger partial charge in [0.25, 0.3) is 5.91 Å². The highest BCUT2D eigenvalue weighted by Gasteiger charge is 2.25. The van der Waals surface area contributed by atoms with Gasteiger partial charge in [-0.1, -0.05) is 11.6 Å². The van der Waals surface area contributed by atoms with E-state index in [1.54, 1.807) is 19.2 Å². The van der Waals surface area contributed by atoms with Crippen molar-refractivity contribution < 1.29 is 9.53 Å². The van der Waals surface area contributed by atoms with Crippen molar-refractivity contribution >= 4 is 28.8 Å². The Hall–Kier alpha value is -0.580. The average Bonchev–Trinajstić information content (AvgIpc) is 2.76. The van der Waals surface area contributed by atoms with Crippen LogP contribution in [0, 0.1) is 5.92 Å². The molecule has 1 aliphatic heterocycles. The van der Waals surface area contributed by atoms with E-state index in [-0.39, 0.29) is 5.91 Å². The van der Waals surface area contributed by atoms with Gasteiger partial charge in [-0.25, -0.2) is 0 Å². The van der Waals surface area contributed by atoms with E-state index in [9.17, 15) is 4.79 Å². The molecule has 3 nitrogen and oxygen atoms in total. The largest absolute Gasteiger partial charge is 0.384 e. The number of thiophene rings is 1. The number of amides is 1. The number of nitrogens with zero attached hydrogens (tertiary/aromatic N) is 1. The lowest BCUT2D eigenvalue weighted by molar-refractivity contribution is 0.0575. The standard InChI is InChI=1S/C12H16ClNO2S/c1-16-8-9-3-2-6-14(7-9)12(15)10-4-5-11(13)17-10/h4-5,9H,2-3,6-8H2,1H3. The number of hydrogen-bond donors (Lipinski definition) is 0. The number of carbonyl (C=O) groups excluding carboxylic acids is 1. The Morgan fingerprint density at radius 2 is 2.47 bits per heavy atom. The molecule has 1 amide bonds. The first-order chi connectivity index (χ1) is 8.20. The predicted molar refractivity (Wildman–Crippen MR) is 69.8 cm³/mol. The summed E-state index contributed by atoms with van der Waals surface area (Å²) in [5.74, 6) is 0.566. The molecule has 2 rings (SSSR count). The van der Waals surface area contributed by atoms with Crippen LogP contribution in [0.3, 0.4) is 0 Å². The second-order valence-corrected chi connectivity index (χ2v) is 6.03. The molecule has 1 aromatic heterocycles. The zero-order chi connectivity index (χ0) is 12.3. The molecule has 1 aliphatic rings. The van der Waals surface area contributed by atoms with Crippen molar-refractivity contribution in [2.45, 2.75) is 12.8 Å². The molecule has 1 fully saturated rings. The van der Waals surface area contributed by atoms with Gasteiger partial charge in [0.1, 0.15) is 0 Å². The van der Waals surface area contributed by atoms with Crippen molar-refractivity contribution in [3.05, 3.63) is 21.3 Å². The highest BCUT2D eigenvalue weighted by molar-refractivity contribution is 7.17. The van der Waals surface area contributed by atoms with Gasteiger partial charge in [0, 0.05) is 20.2 Å². The summed E-state index contributed by atoms with van der Waals surface area (Å²) in [5.41, 5.74) is 0. The summed E-state index contributed by atoms with van der Waals surface area (Å²) < 4.78 is 5.83. The number of rotatable bonds is 3. The number of ether oxygens (including phenoxy) is 1. The van der Waals surface area contributed by atoms with Crippen molar-refractivity contribution in [1.29, 1.82) is 0 Å². The zero-order valence-electron chi connectivity index (χ0n) is 9.82. The van der Waals surface area contributed by atoms with Gasteiger partial charge in [-0.3, -0.25) is 4.79 Å². The van der Waals surface area contributed by atoms with Gasteiger partial charge >= 0.3 is 0 Å². The highest BCUT2D eigenvalue weighted by Crippen LogP contribution is 2.25. The van der Waals surface area contributed by atoms with Crippen LogP contribution in [0.2, 0.25) is 4.34 Å². The lowest BCUT2D eigenvalue weighted by Crippen LogP contribution is -2.40. The van der Waals surface area contributed by atoms with Crippen molar-refractivity contribution in [2.75, 3.05) is 26.8 Å². The smallest absolute Gasteiger partial charge is 0.263 e. The second kappa shape index (κ2) is 5.85. The van der Waals surface area contributed by atoms with E-state index in [0.29, 0.717) is 10.3 Å². The summed E-state index contributed by atoms with van der Waals surface area (Å²) in [7, 11) is 1.71. The molecule has 0 radical (unpaired) electrons. The monoisotopic (exact) mass is 273 g/mol. The SMILES string of the molecule is COCC1CCCN(C(=O)c2ccc(Cl)s2)C1. The molecule has 0 N–H and O–H groups in total. The lowest BCUT2D eigenvalue weighted by atomic mass is 9.99. The first kappa shape index (κ1) is 12.9. The molecule has 5 heteroatoms. The molecule has 1 saturated heterocycles. The zero-order valence-corrected chi connectivity index (χ0v) is 11.4. The molecule has 0 aliphatic carbocycles. The molecule has 0 aromatic carbocycles. The van der Waals surface area contributed by atoms with Crippen LogP contribution in [0.1, 0.15) is 22.5 Å². The third-order valence-corrected chi connectivity index (χ3v) is 4.21. The van der Waals surface area contributed by atoms with Crippen LogP contribution < -0.4 is 0 Å². The fourth-order valence-electron chi connectivity index (χ4n) is 2.21. The molecule has 17 heavy (non-hydrogen) atoms. The van der Waals surface area contributed by atoms with E-state index in [4.69, 9.17) is 16.3 Å². The maximum absolute atomic E-state index is 12.2. The second-order valence-electron chi connectivity index (χ2n) is 4.32. The highest BCUT2D eigenvalue weighted by atomic mass is 35.5. The summed E-state index contributed by atoms with van der Waals surface area (Å²) in [6, 6.07) is 3.57. The van der Waals surface area contributed by atoms with Gasteiger partial charge in [0.2, 0.25) is 0 Å². The Balaban J connectivity index is 1.99. The first-order valence-corrected chi connectivity index (χ1v) is 6.93. The minimum absolute atomic E-state index is 0.0997. The Bertz CT molecular complexity index is 392. The summed E-state index contributed by atoms with van der Waals surface area (Å²) in [4.78, 5) is 14.8. The summed E-state index contributed by atoms with van der Waals surface area (Å²) >= 11 is 7.20. The van der Waals surface area contributed by atoms with Gasteiger partial charge in [0.15, 0.2) is 0 Å². The molecular formula is C12H16ClNO2S. The van der Waals surface area contributed by atoms with E-state index in [2.05, 4.69) is 0 Å². The van der Waals surface area contributed by atoms with E-state index < -0.39 is 0 Å². The number of likely N-dealkylation sites (tertiary alicyclic amines) is 1. The molecule has 1 aromatic rings.